The van der Waals surface area contributed by atoms with E-state index in [0.29, 0.717) is 12.1 Å². The normalized spacial score (nSPS) is 15.5. The monoisotopic (exact) mass is 251 g/mol. The van der Waals surface area contributed by atoms with Crippen LogP contribution >= 0.6 is 11.8 Å². The summed E-state index contributed by atoms with van der Waals surface area (Å²) >= 11 is 1.52. The number of aliphatic carboxylic acids is 1. The van der Waals surface area contributed by atoms with Gasteiger partial charge in [-0.3, -0.25) is 4.98 Å². The third-order valence-electron chi connectivity index (χ3n) is 2.44. The van der Waals surface area contributed by atoms with E-state index >= 15 is 0 Å². The quantitative estimate of drug-likeness (QED) is 0.834. The molecule has 0 aromatic carbocycles. The van der Waals surface area contributed by atoms with Crippen LogP contribution in [0.15, 0.2) is 35.1 Å². The van der Waals surface area contributed by atoms with Crippen molar-refractivity contribution in [3.63, 3.8) is 0 Å². The number of hydrazine groups is 1. The number of nitrogens with zero attached hydrogens (tertiary/aromatic N) is 2. The van der Waals surface area contributed by atoms with Crippen LogP contribution < -0.4 is 5.43 Å². The van der Waals surface area contributed by atoms with E-state index in [-0.39, 0.29) is 0 Å². The Balaban J connectivity index is 2.07. The topological polar surface area (TPSA) is 65.5 Å². The zero-order chi connectivity index (χ0) is 12.3. The first kappa shape index (κ1) is 11.9. The highest BCUT2D eigenvalue weighted by Gasteiger charge is 2.24. The van der Waals surface area contributed by atoms with Gasteiger partial charge in [0.15, 0.2) is 0 Å². The minimum Gasteiger partial charge on any atom is -0.478 e. The fraction of sp³-hybridized carbons (Fsp3) is 0.273. The molecule has 6 heteroatoms. The predicted octanol–water partition coefficient (Wildman–Crippen LogP) is 1.06. The molecule has 90 valence electrons. The van der Waals surface area contributed by atoms with E-state index in [2.05, 4.69) is 10.4 Å². The molecule has 1 aromatic rings. The van der Waals surface area contributed by atoms with Crippen molar-refractivity contribution in [1.82, 2.24) is 15.4 Å². The number of carboxylic acid groups (broad SMARTS) is 1. The molecule has 0 amide bonds. The summed E-state index contributed by atoms with van der Waals surface area (Å²) in [6.45, 7) is 0.379. The maximum atomic E-state index is 11.0. The highest BCUT2D eigenvalue weighted by molar-refractivity contribution is 8.02. The SMILES string of the molecule is CN1NCC(C(=O)O)=C1SCc1ccncc1. The summed E-state index contributed by atoms with van der Waals surface area (Å²) in [5.74, 6) is -0.125. The Morgan fingerprint density at radius 1 is 1.59 bits per heavy atom. The zero-order valence-corrected chi connectivity index (χ0v) is 10.2. The van der Waals surface area contributed by atoms with Gasteiger partial charge in [0.25, 0.3) is 0 Å². The molecule has 1 aliphatic rings. The zero-order valence-electron chi connectivity index (χ0n) is 9.38. The van der Waals surface area contributed by atoms with E-state index in [1.165, 1.54) is 11.8 Å². The van der Waals surface area contributed by atoms with Gasteiger partial charge in [-0.25, -0.2) is 10.2 Å². The van der Waals surface area contributed by atoms with Crippen LogP contribution in [0, 0.1) is 0 Å². The maximum absolute atomic E-state index is 11.0. The van der Waals surface area contributed by atoms with Gasteiger partial charge in [0.05, 0.1) is 10.6 Å². The number of hydrogen-bond donors (Lipinski definition) is 2. The first-order valence-electron chi connectivity index (χ1n) is 5.14. The van der Waals surface area contributed by atoms with Crippen LogP contribution in [0.3, 0.4) is 0 Å². The molecule has 2 rings (SSSR count). The summed E-state index contributed by atoms with van der Waals surface area (Å²) in [5.41, 5.74) is 4.53. The molecule has 2 heterocycles. The van der Waals surface area contributed by atoms with E-state index in [9.17, 15) is 4.79 Å². The van der Waals surface area contributed by atoms with Gasteiger partial charge in [0.2, 0.25) is 0 Å². The minimum atomic E-state index is -0.862. The van der Waals surface area contributed by atoms with Crippen molar-refractivity contribution in [3.8, 4) is 0 Å². The molecule has 0 fully saturated rings. The average Bonchev–Trinajstić information content (AvgIpc) is 2.69. The van der Waals surface area contributed by atoms with Crippen molar-refractivity contribution in [1.29, 1.82) is 0 Å². The lowest BCUT2D eigenvalue weighted by atomic mass is 10.3. The fourth-order valence-corrected chi connectivity index (χ4v) is 2.62. The number of thioether (sulfide) groups is 1. The van der Waals surface area contributed by atoms with E-state index in [1.54, 1.807) is 17.4 Å². The van der Waals surface area contributed by atoms with Gasteiger partial charge in [-0.15, -0.1) is 11.8 Å². The van der Waals surface area contributed by atoms with Gasteiger partial charge in [0, 0.05) is 31.7 Å². The smallest absolute Gasteiger partial charge is 0.335 e. The van der Waals surface area contributed by atoms with E-state index in [4.69, 9.17) is 5.11 Å². The number of pyridine rings is 1. The lowest BCUT2D eigenvalue weighted by molar-refractivity contribution is -0.132. The Morgan fingerprint density at radius 2 is 2.29 bits per heavy atom. The second-order valence-corrected chi connectivity index (χ2v) is 4.59. The third-order valence-corrected chi connectivity index (χ3v) is 3.71. The molecule has 5 nitrogen and oxygen atoms in total. The van der Waals surface area contributed by atoms with Crippen molar-refractivity contribution in [2.24, 2.45) is 0 Å². The van der Waals surface area contributed by atoms with Gasteiger partial charge >= 0.3 is 5.97 Å². The van der Waals surface area contributed by atoms with Gasteiger partial charge in [-0.1, -0.05) is 0 Å². The average molecular weight is 251 g/mol. The highest BCUT2D eigenvalue weighted by Crippen LogP contribution is 2.28. The Morgan fingerprint density at radius 3 is 2.94 bits per heavy atom. The number of nitrogens with one attached hydrogen (secondary N) is 1. The van der Waals surface area contributed by atoms with Crippen molar-refractivity contribution in [2.75, 3.05) is 13.6 Å². The summed E-state index contributed by atoms with van der Waals surface area (Å²) in [7, 11) is 1.82. The van der Waals surface area contributed by atoms with Crippen LogP contribution in [0.1, 0.15) is 5.56 Å². The summed E-state index contributed by atoms with van der Waals surface area (Å²) in [4.78, 5) is 15.0. The van der Waals surface area contributed by atoms with Crippen LogP contribution in [0.25, 0.3) is 0 Å². The lowest BCUT2D eigenvalue weighted by Gasteiger charge is -2.15. The first-order chi connectivity index (χ1) is 8.18. The molecule has 0 saturated carbocycles. The Labute approximate surface area is 104 Å². The summed E-state index contributed by atoms with van der Waals surface area (Å²) in [5, 5.41) is 11.6. The molecule has 0 unspecified atom stereocenters. The molecule has 1 aliphatic heterocycles. The van der Waals surface area contributed by atoms with Crippen LogP contribution in [-0.2, 0) is 10.5 Å². The Kier molecular flexibility index (Phi) is 3.65. The van der Waals surface area contributed by atoms with Crippen molar-refractivity contribution < 1.29 is 9.90 Å². The molecule has 17 heavy (non-hydrogen) atoms. The predicted molar refractivity (Wildman–Crippen MR) is 66.0 cm³/mol. The molecule has 0 saturated heterocycles. The molecule has 0 aliphatic carbocycles. The number of aromatic nitrogens is 1. The summed E-state index contributed by atoms with van der Waals surface area (Å²) < 4.78 is 0. The second kappa shape index (κ2) is 5.20. The summed E-state index contributed by atoms with van der Waals surface area (Å²) in [6, 6.07) is 3.85. The standard InChI is InChI=1S/C11H13N3O2S/c1-14-10(9(6-13-14)11(15)16)17-7-8-2-4-12-5-3-8/h2-5,13H,6-7H2,1H3,(H,15,16). The first-order valence-corrected chi connectivity index (χ1v) is 6.12. The highest BCUT2D eigenvalue weighted by atomic mass is 32.2. The molecule has 1 aromatic heterocycles. The number of carboxylic acids is 1. The van der Waals surface area contributed by atoms with E-state index in [0.717, 1.165) is 16.3 Å². The maximum Gasteiger partial charge on any atom is 0.335 e. The molecule has 0 atom stereocenters. The van der Waals surface area contributed by atoms with Crippen molar-refractivity contribution in [3.05, 3.63) is 40.7 Å². The molecular weight excluding hydrogens is 238 g/mol. The van der Waals surface area contributed by atoms with E-state index in [1.807, 2.05) is 19.2 Å². The van der Waals surface area contributed by atoms with Gasteiger partial charge in [0.1, 0.15) is 0 Å². The molecule has 2 N–H and O–H groups in total. The van der Waals surface area contributed by atoms with Crippen LogP contribution in [0.2, 0.25) is 0 Å². The minimum absolute atomic E-state index is 0.379. The lowest BCUT2D eigenvalue weighted by Crippen LogP contribution is -2.26. The largest absolute Gasteiger partial charge is 0.478 e. The van der Waals surface area contributed by atoms with Crippen molar-refractivity contribution >= 4 is 17.7 Å². The van der Waals surface area contributed by atoms with Gasteiger partial charge in [-0.05, 0) is 17.7 Å². The molecule has 0 bridgehead atoms. The Bertz CT molecular complexity index is 447. The Hall–Kier alpha value is -1.53. The number of rotatable bonds is 4. The summed E-state index contributed by atoms with van der Waals surface area (Å²) in [6.07, 6.45) is 3.47. The molecular formula is C11H13N3O2S. The van der Waals surface area contributed by atoms with E-state index < -0.39 is 5.97 Å². The van der Waals surface area contributed by atoms with Crippen LogP contribution in [-0.4, -0.2) is 34.7 Å². The number of hydrogen-bond acceptors (Lipinski definition) is 5. The molecule has 0 radical (unpaired) electrons. The van der Waals surface area contributed by atoms with Crippen LogP contribution in [0.4, 0.5) is 0 Å². The van der Waals surface area contributed by atoms with Crippen LogP contribution in [0.5, 0.6) is 0 Å². The van der Waals surface area contributed by atoms with Gasteiger partial charge in [-0.2, -0.15) is 0 Å². The third kappa shape index (κ3) is 2.78. The molecule has 0 spiro atoms. The van der Waals surface area contributed by atoms with Crippen molar-refractivity contribution in [2.45, 2.75) is 5.75 Å². The second-order valence-electron chi connectivity index (χ2n) is 3.63. The number of carbonyl (C=O) groups is 1. The fourth-order valence-electron chi connectivity index (χ4n) is 1.53. The van der Waals surface area contributed by atoms with Gasteiger partial charge < -0.3 is 10.1 Å².